The summed E-state index contributed by atoms with van der Waals surface area (Å²) in [7, 11) is -3.17. The van der Waals surface area contributed by atoms with Crippen molar-refractivity contribution in [2.45, 2.75) is 25.0 Å². The van der Waals surface area contributed by atoms with Crippen LogP contribution in [0.1, 0.15) is 12.8 Å². The smallest absolute Gasteiger partial charge is 0.411 e. The fraction of sp³-hybridized carbons (Fsp3) is 0.533. The van der Waals surface area contributed by atoms with Crippen LogP contribution in [0, 0.1) is 0 Å². The number of halogens is 1. The zero-order valence-corrected chi connectivity index (χ0v) is 14.1. The third-order valence-electron chi connectivity index (χ3n) is 4.23. The Labute approximate surface area is 140 Å². The maximum atomic E-state index is 12.0. The van der Waals surface area contributed by atoms with Gasteiger partial charge in [0.05, 0.1) is 17.5 Å². The fourth-order valence-corrected chi connectivity index (χ4v) is 5.14. The number of nitrogens with zero attached hydrogens (tertiary/aromatic N) is 1. The fourth-order valence-electron chi connectivity index (χ4n) is 3.14. The number of rotatable bonds is 3. The van der Waals surface area contributed by atoms with Crippen LogP contribution in [0.15, 0.2) is 24.3 Å². The first kappa shape index (κ1) is 16.5. The van der Waals surface area contributed by atoms with Crippen LogP contribution < -0.4 is 5.32 Å². The zero-order chi connectivity index (χ0) is 16.4. The van der Waals surface area contributed by atoms with Gasteiger partial charge in [-0.25, -0.2) is 13.2 Å². The normalized spacial score (nSPS) is 27.0. The molecule has 126 valence electrons. The molecule has 2 saturated heterocycles. The first-order valence-electron chi connectivity index (χ1n) is 7.61. The molecule has 3 rings (SSSR count). The van der Waals surface area contributed by atoms with Gasteiger partial charge in [0.25, 0.3) is 0 Å². The second kappa shape index (κ2) is 6.67. The number of nitrogens with one attached hydrogen (secondary N) is 1. The summed E-state index contributed by atoms with van der Waals surface area (Å²) in [6.07, 6.45) is 0.851. The van der Waals surface area contributed by atoms with Crippen LogP contribution in [-0.2, 0) is 14.6 Å². The third kappa shape index (κ3) is 4.16. The number of amides is 1. The molecule has 1 N–H and O–H groups in total. The first-order chi connectivity index (χ1) is 10.9. The van der Waals surface area contributed by atoms with Gasteiger partial charge >= 0.3 is 6.09 Å². The van der Waals surface area contributed by atoms with Gasteiger partial charge in [-0.3, -0.25) is 10.2 Å². The van der Waals surface area contributed by atoms with Crippen molar-refractivity contribution in [3.05, 3.63) is 29.3 Å². The maximum Gasteiger partial charge on any atom is 0.411 e. The summed E-state index contributed by atoms with van der Waals surface area (Å²) in [5.74, 6) is -0.0475. The molecule has 0 spiro atoms. The van der Waals surface area contributed by atoms with E-state index in [4.69, 9.17) is 16.3 Å². The van der Waals surface area contributed by atoms with E-state index in [0.717, 1.165) is 25.9 Å². The molecule has 2 aliphatic heterocycles. The van der Waals surface area contributed by atoms with E-state index in [1.54, 1.807) is 24.3 Å². The van der Waals surface area contributed by atoms with Gasteiger partial charge in [0.1, 0.15) is 6.10 Å². The molecule has 6 nitrogen and oxygen atoms in total. The Balaban J connectivity index is 1.64. The summed E-state index contributed by atoms with van der Waals surface area (Å²) >= 11 is 5.79. The molecular formula is C15H19ClN2O4S. The highest BCUT2D eigenvalue weighted by atomic mass is 35.5. The summed E-state index contributed by atoms with van der Waals surface area (Å²) in [4.78, 5) is 14.2. The molecule has 0 aliphatic carbocycles. The van der Waals surface area contributed by atoms with Gasteiger partial charge in [-0.05, 0) is 50.2 Å². The second-order valence-corrected chi connectivity index (χ2v) is 8.55. The van der Waals surface area contributed by atoms with Crippen LogP contribution in [0.4, 0.5) is 10.5 Å². The van der Waals surface area contributed by atoms with Crippen molar-refractivity contribution in [2.24, 2.45) is 0 Å². The number of carbonyl (C=O) groups excluding carboxylic acids is 1. The standard InChI is InChI=1S/C15H19ClN2O4S/c16-11-3-5-12(6-4-11)17-15(19)22-14-10-23(20,21)9-13(14)18-7-1-2-8-18/h3-6,13-14H,1-2,7-10H2,(H,17,19)/t13-,14-/m0/s1. The van der Waals surface area contributed by atoms with Crippen LogP contribution in [-0.4, -0.2) is 56.2 Å². The lowest BCUT2D eigenvalue weighted by molar-refractivity contribution is 0.0706. The second-order valence-electron chi connectivity index (χ2n) is 5.96. The number of anilines is 1. The third-order valence-corrected chi connectivity index (χ3v) is 6.17. The molecule has 1 aromatic carbocycles. The number of hydrogen-bond donors (Lipinski definition) is 1. The van der Waals surface area contributed by atoms with E-state index in [9.17, 15) is 13.2 Å². The lowest BCUT2D eigenvalue weighted by atomic mass is 10.2. The van der Waals surface area contributed by atoms with Gasteiger partial charge in [-0.2, -0.15) is 0 Å². The number of benzene rings is 1. The Morgan fingerprint density at radius 3 is 2.48 bits per heavy atom. The van der Waals surface area contributed by atoms with Crippen LogP contribution in [0.5, 0.6) is 0 Å². The molecule has 0 saturated carbocycles. The SMILES string of the molecule is O=C(Nc1ccc(Cl)cc1)O[C@H]1CS(=O)(=O)C[C@@H]1N1CCCC1. The average molecular weight is 359 g/mol. The zero-order valence-electron chi connectivity index (χ0n) is 12.6. The van der Waals surface area contributed by atoms with Crippen molar-refractivity contribution in [2.75, 3.05) is 29.9 Å². The summed E-state index contributed by atoms with van der Waals surface area (Å²) in [6, 6.07) is 6.40. The van der Waals surface area contributed by atoms with Gasteiger partial charge in [0.2, 0.25) is 0 Å². The van der Waals surface area contributed by atoms with E-state index < -0.39 is 22.0 Å². The number of likely N-dealkylation sites (tertiary alicyclic amines) is 1. The molecule has 2 heterocycles. The summed E-state index contributed by atoms with van der Waals surface area (Å²) < 4.78 is 29.3. The molecule has 8 heteroatoms. The molecular weight excluding hydrogens is 340 g/mol. The topological polar surface area (TPSA) is 75.7 Å². The Bertz CT molecular complexity index is 671. The minimum Gasteiger partial charge on any atom is -0.443 e. The molecule has 1 amide bonds. The van der Waals surface area contributed by atoms with Crippen molar-refractivity contribution in [3.8, 4) is 0 Å². The number of sulfone groups is 1. The Morgan fingerprint density at radius 1 is 1.17 bits per heavy atom. The maximum absolute atomic E-state index is 12.0. The predicted octanol–water partition coefficient (Wildman–Crippen LogP) is 2.15. The predicted molar refractivity (Wildman–Crippen MR) is 88.6 cm³/mol. The van der Waals surface area contributed by atoms with E-state index >= 15 is 0 Å². The molecule has 2 atom stereocenters. The highest BCUT2D eigenvalue weighted by molar-refractivity contribution is 7.91. The van der Waals surface area contributed by atoms with Gasteiger partial charge in [0, 0.05) is 10.7 Å². The van der Waals surface area contributed by atoms with Crippen molar-refractivity contribution in [1.29, 1.82) is 0 Å². The highest BCUT2D eigenvalue weighted by Gasteiger charge is 2.43. The largest absolute Gasteiger partial charge is 0.443 e. The van der Waals surface area contributed by atoms with E-state index in [1.165, 1.54) is 0 Å². The van der Waals surface area contributed by atoms with Crippen molar-refractivity contribution >= 4 is 33.2 Å². The Morgan fingerprint density at radius 2 is 1.83 bits per heavy atom. The van der Waals surface area contributed by atoms with Crippen molar-refractivity contribution in [1.82, 2.24) is 4.90 Å². The molecule has 2 aliphatic rings. The molecule has 23 heavy (non-hydrogen) atoms. The van der Waals surface area contributed by atoms with Crippen LogP contribution >= 0.6 is 11.6 Å². The summed E-state index contributed by atoms with van der Waals surface area (Å²) in [6.45, 7) is 1.72. The molecule has 2 fully saturated rings. The average Bonchev–Trinajstić information content (AvgIpc) is 3.09. The van der Waals surface area contributed by atoms with Crippen molar-refractivity contribution in [3.63, 3.8) is 0 Å². The molecule has 0 radical (unpaired) electrons. The molecule has 0 unspecified atom stereocenters. The Kier molecular flexibility index (Phi) is 4.79. The summed E-state index contributed by atoms with van der Waals surface area (Å²) in [5.41, 5.74) is 0.554. The van der Waals surface area contributed by atoms with Crippen LogP contribution in [0.25, 0.3) is 0 Å². The summed E-state index contributed by atoms with van der Waals surface area (Å²) in [5, 5.41) is 3.17. The lowest BCUT2D eigenvalue weighted by Crippen LogP contribution is -2.43. The number of ether oxygens (including phenoxy) is 1. The molecule has 0 bridgehead atoms. The van der Waals surface area contributed by atoms with E-state index in [2.05, 4.69) is 10.2 Å². The van der Waals surface area contributed by atoms with Gasteiger partial charge in [-0.1, -0.05) is 11.6 Å². The number of carbonyl (C=O) groups is 1. The minimum absolute atomic E-state index is 0.0614. The van der Waals surface area contributed by atoms with Crippen molar-refractivity contribution < 1.29 is 17.9 Å². The number of hydrogen-bond acceptors (Lipinski definition) is 5. The highest BCUT2D eigenvalue weighted by Crippen LogP contribution is 2.25. The van der Waals surface area contributed by atoms with E-state index in [0.29, 0.717) is 10.7 Å². The quantitative estimate of drug-likeness (QED) is 0.896. The van der Waals surface area contributed by atoms with E-state index in [-0.39, 0.29) is 17.5 Å². The molecule has 1 aromatic rings. The van der Waals surface area contributed by atoms with Gasteiger partial charge in [-0.15, -0.1) is 0 Å². The first-order valence-corrected chi connectivity index (χ1v) is 9.80. The van der Waals surface area contributed by atoms with Crippen LogP contribution in [0.2, 0.25) is 5.02 Å². The van der Waals surface area contributed by atoms with Gasteiger partial charge < -0.3 is 4.74 Å². The van der Waals surface area contributed by atoms with Crippen LogP contribution in [0.3, 0.4) is 0 Å². The molecule has 0 aromatic heterocycles. The van der Waals surface area contributed by atoms with E-state index in [1.807, 2.05) is 0 Å². The Hall–Kier alpha value is -1.31. The minimum atomic E-state index is -3.17. The lowest BCUT2D eigenvalue weighted by Gasteiger charge is -2.27. The van der Waals surface area contributed by atoms with Gasteiger partial charge in [0.15, 0.2) is 9.84 Å². The monoisotopic (exact) mass is 358 g/mol.